The number of likely N-dealkylation sites (N-methyl/N-ethyl adjacent to an activating group) is 1. The molecule has 0 radical (unpaired) electrons. The second kappa shape index (κ2) is 6.09. The lowest BCUT2D eigenvalue weighted by atomic mass is 9.89. The van der Waals surface area contributed by atoms with E-state index in [1.165, 1.54) is 12.8 Å². The van der Waals surface area contributed by atoms with Gasteiger partial charge in [0.05, 0.1) is 5.69 Å². The van der Waals surface area contributed by atoms with Gasteiger partial charge in [-0.05, 0) is 49.8 Å². The summed E-state index contributed by atoms with van der Waals surface area (Å²) in [6, 6.07) is 6.63. The van der Waals surface area contributed by atoms with E-state index in [1.54, 1.807) is 24.1 Å². The van der Waals surface area contributed by atoms with Crippen LogP contribution in [0, 0.1) is 5.92 Å². The molecule has 1 aromatic carbocycles. The molecule has 2 fully saturated rings. The molecule has 6 nitrogen and oxygen atoms in total. The second-order valence-electron chi connectivity index (χ2n) is 7.15. The maximum absolute atomic E-state index is 12.4. The van der Waals surface area contributed by atoms with Gasteiger partial charge in [-0.1, -0.05) is 0 Å². The Balaban J connectivity index is 1.40. The highest BCUT2D eigenvalue weighted by Gasteiger charge is 2.34. The molecule has 2 N–H and O–H groups in total. The van der Waals surface area contributed by atoms with Gasteiger partial charge >= 0.3 is 0 Å². The summed E-state index contributed by atoms with van der Waals surface area (Å²) in [5, 5.41) is 6.58. The molecule has 2 saturated heterocycles. The fraction of sp³-hybridized carbons (Fsp3) is 0.556. The third kappa shape index (κ3) is 2.98. The molecule has 2 unspecified atom stereocenters. The number of carbonyl (C=O) groups excluding carboxylic acids is 2. The van der Waals surface area contributed by atoms with E-state index < -0.39 is 0 Å². The average Bonchev–Trinajstić information content (AvgIpc) is 2.90. The molecule has 4 rings (SSSR count). The van der Waals surface area contributed by atoms with Crippen LogP contribution >= 0.6 is 0 Å². The molecule has 0 aliphatic carbocycles. The molecule has 3 aliphatic heterocycles. The molecule has 6 heteroatoms. The van der Waals surface area contributed by atoms with Gasteiger partial charge in [0.2, 0.25) is 5.91 Å². The fourth-order valence-corrected chi connectivity index (χ4v) is 4.17. The molecule has 2 atom stereocenters. The highest BCUT2D eigenvalue weighted by atomic mass is 16.5. The molecule has 2 bridgehead atoms. The minimum atomic E-state index is -0.0869. The van der Waals surface area contributed by atoms with Crippen molar-refractivity contribution in [3.8, 4) is 5.75 Å². The number of fused-ring (bicyclic) bond motifs is 3. The van der Waals surface area contributed by atoms with Crippen LogP contribution in [0.3, 0.4) is 0 Å². The first-order valence-electron chi connectivity index (χ1n) is 8.68. The van der Waals surface area contributed by atoms with Crippen molar-refractivity contribution in [3.63, 3.8) is 0 Å². The lowest BCUT2D eigenvalue weighted by molar-refractivity contribution is -0.121. The zero-order valence-electron chi connectivity index (χ0n) is 13.9. The van der Waals surface area contributed by atoms with Crippen LogP contribution in [-0.4, -0.2) is 37.6 Å². The summed E-state index contributed by atoms with van der Waals surface area (Å²) in [5.41, 5.74) is 1.41. The van der Waals surface area contributed by atoms with Crippen molar-refractivity contribution in [2.24, 2.45) is 5.92 Å². The van der Waals surface area contributed by atoms with Crippen LogP contribution in [0.5, 0.6) is 5.75 Å². The molecule has 0 aromatic heterocycles. The number of nitrogens with one attached hydrogen (secondary N) is 2. The Morgan fingerprint density at radius 3 is 2.83 bits per heavy atom. The summed E-state index contributed by atoms with van der Waals surface area (Å²) < 4.78 is 5.41. The predicted molar refractivity (Wildman–Crippen MR) is 91.3 cm³/mol. The summed E-state index contributed by atoms with van der Waals surface area (Å²) >= 11 is 0. The van der Waals surface area contributed by atoms with Gasteiger partial charge in [-0.15, -0.1) is 0 Å². The first-order valence-corrected chi connectivity index (χ1v) is 8.68. The molecule has 0 saturated carbocycles. The van der Waals surface area contributed by atoms with E-state index in [9.17, 15) is 9.59 Å². The van der Waals surface area contributed by atoms with Crippen molar-refractivity contribution in [2.75, 3.05) is 23.9 Å². The van der Waals surface area contributed by atoms with E-state index in [-0.39, 0.29) is 18.4 Å². The minimum Gasteiger partial charge on any atom is -0.482 e. The summed E-state index contributed by atoms with van der Waals surface area (Å²) in [6.45, 7) is 0.0628. The third-order valence-corrected chi connectivity index (χ3v) is 5.37. The lowest BCUT2D eigenvalue weighted by Gasteiger charge is -2.29. The molecular weight excluding hydrogens is 306 g/mol. The van der Waals surface area contributed by atoms with Crippen LogP contribution in [0.15, 0.2) is 18.2 Å². The van der Waals surface area contributed by atoms with Crippen LogP contribution < -0.4 is 20.3 Å². The molecule has 24 heavy (non-hydrogen) atoms. The van der Waals surface area contributed by atoms with Gasteiger partial charge < -0.3 is 20.3 Å². The quantitative estimate of drug-likeness (QED) is 0.888. The molecule has 128 valence electrons. The van der Waals surface area contributed by atoms with Gasteiger partial charge in [-0.25, -0.2) is 0 Å². The van der Waals surface area contributed by atoms with Crippen LogP contribution in [0.2, 0.25) is 0 Å². The van der Waals surface area contributed by atoms with Crippen LogP contribution in [0.25, 0.3) is 0 Å². The van der Waals surface area contributed by atoms with E-state index in [0.29, 0.717) is 41.5 Å². The van der Waals surface area contributed by atoms with Crippen molar-refractivity contribution in [2.45, 2.75) is 44.2 Å². The van der Waals surface area contributed by atoms with E-state index in [4.69, 9.17) is 4.74 Å². The van der Waals surface area contributed by atoms with Crippen LogP contribution in [0.4, 0.5) is 11.4 Å². The molecule has 3 heterocycles. The number of hydrogen-bond acceptors (Lipinski definition) is 4. The number of carbonyl (C=O) groups is 2. The van der Waals surface area contributed by atoms with Crippen molar-refractivity contribution in [1.29, 1.82) is 0 Å². The van der Waals surface area contributed by atoms with Crippen molar-refractivity contribution < 1.29 is 14.3 Å². The topological polar surface area (TPSA) is 70.7 Å². The number of piperidine rings is 1. The number of rotatable bonds is 3. The van der Waals surface area contributed by atoms with Crippen molar-refractivity contribution in [1.82, 2.24) is 5.32 Å². The number of hydrogen-bond donors (Lipinski definition) is 2. The Hall–Kier alpha value is -2.08. The number of ether oxygens (including phenoxy) is 1. The SMILES string of the molecule is CN1C(=O)COc2ccc(NC(=O)CC3CC4CCC(C3)N4)cc21. The molecule has 3 aliphatic rings. The first-order chi connectivity index (χ1) is 11.6. The molecule has 1 aromatic rings. The summed E-state index contributed by atoms with van der Waals surface area (Å²) in [6.07, 6.45) is 5.25. The van der Waals surface area contributed by atoms with E-state index in [0.717, 1.165) is 12.8 Å². The van der Waals surface area contributed by atoms with Crippen molar-refractivity contribution >= 4 is 23.2 Å². The van der Waals surface area contributed by atoms with Gasteiger partial charge in [0.1, 0.15) is 5.75 Å². The standard InChI is InChI=1S/C18H23N3O3/c1-21-15-9-14(4-5-16(15)24-10-18(21)23)20-17(22)8-11-6-12-2-3-13(7-11)19-12/h4-5,9,11-13,19H,2-3,6-8,10H2,1H3,(H,20,22). The molecular formula is C18H23N3O3. The molecule has 0 spiro atoms. The third-order valence-electron chi connectivity index (χ3n) is 5.37. The molecule has 2 amide bonds. The summed E-state index contributed by atoms with van der Waals surface area (Å²) in [5.74, 6) is 1.10. The number of amides is 2. The van der Waals surface area contributed by atoms with Gasteiger partial charge in [-0.3, -0.25) is 9.59 Å². The zero-order valence-corrected chi connectivity index (χ0v) is 13.9. The highest BCUT2D eigenvalue weighted by molar-refractivity contribution is 5.99. The Labute approximate surface area is 141 Å². The van der Waals surface area contributed by atoms with Gasteiger partial charge in [0, 0.05) is 31.2 Å². The van der Waals surface area contributed by atoms with E-state index in [1.807, 2.05) is 6.07 Å². The summed E-state index contributed by atoms with van der Waals surface area (Å²) in [4.78, 5) is 25.7. The maximum Gasteiger partial charge on any atom is 0.264 e. The predicted octanol–water partition coefficient (Wildman–Crippen LogP) is 1.90. The Bertz CT molecular complexity index is 663. The van der Waals surface area contributed by atoms with E-state index in [2.05, 4.69) is 10.6 Å². The minimum absolute atomic E-state index is 0.0481. The van der Waals surface area contributed by atoms with Crippen LogP contribution in [0.1, 0.15) is 32.1 Å². The van der Waals surface area contributed by atoms with E-state index >= 15 is 0 Å². The van der Waals surface area contributed by atoms with Gasteiger partial charge in [0.15, 0.2) is 6.61 Å². The number of nitrogens with zero attached hydrogens (tertiary/aromatic N) is 1. The van der Waals surface area contributed by atoms with Crippen LogP contribution in [-0.2, 0) is 9.59 Å². The fourth-order valence-electron chi connectivity index (χ4n) is 4.17. The zero-order chi connectivity index (χ0) is 16.7. The average molecular weight is 329 g/mol. The van der Waals surface area contributed by atoms with Gasteiger partial charge in [0.25, 0.3) is 5.91 Å². The second-order valence-corrected chi connectivity index (χ2v) is 7.15. The largest absolute Gasteiger partial charge is 0.482 e. The lowest BCUT2D eigenvalue weighted by Crippen LogP contribution is -2.39. The Morgan fingerprint density at radius 1 is 1.33 bits per heavy atom. The number of anilines is 2. The monoisotopic (exact) mass is 329 g/mol. The van der Waals surface area contributed by atoms with Crippen molar-refractivity contribution in [3.05, 3.63) is 18.2 Å². The maximum atomic E-state index is 12.4. The smallest absolute Gasteiger partial charge is 0.264 e. The van der Waals surface area contributed by atoms with Gasteiger partial charge in [-0.2, -0.15) is 0 Å². The number of benzene rings is 1. The first kappa shape index (κ1) is 15.4. The normalized spacial score (nSPS) is 28.3. The highest BCUT2D eigenvalue weighted by Crippen LogP contribution is 2.35. The summed E-state index contributed by atoms with van der Waals surface area (Å²) in [7, 11) is 1.72. The Morgan fingerprint density at radius 2 is 2.08 bits per heavy atom. The Kier molecular flexibility index (Phi) is 3.92.